The lowest BCUT2D eigenvalue weighted by atomic mass is 10.1. The highest BCUT2D eigenvalue weighted by Gasteiger charge is 2.31. The number of amides is 2. The highest BCUT2D eigenvalue weighted by molar-refractivity contribution is 8.02. The molecular weight excluding hydrogens is 354 g/mol. The predicted molar refractivity (Wildman–Crippen MR) is 91.0 cm³/mol. The van der Waals surface area contributed by atoms with E-state index in [9.17, 15) is 14.4 Å². The Morgan fingerprint density at radius 1 is 1.38 bits per heavy atom. The van der Waals surface area contributed by atoms with Crippen LogP contribution in [0, 0.1) is 0 Å². The van der Waals surface area contributed by atoms with Gasteiger partial charge < -0.3 is 21.5 Å². The molecular formula is C15H16ClN3O4S. The number of thioether (sulfide) groups is 1. The molecule has 7 nitrogen and oxygen atoms in total. The lowest BCUT2D eigenvalue weighted by Crippen LogP contribution is -2.53. The van der Waals surface area contributed by atoms with Gasteiger partial charge in [0.15, 0.2) is 0 Å². The summed E-state index contributed by atoms with van der Waals surface area (Å²) < 4.78 is 0. The summed E-state index contributed by atoms with van der Waals surface area (Å²) in [6, 6.07) is 6.94. The van der Waals surface area contributed by atoms with E-state index in [1.165, 1.54) is 5.41 Å². The maximum atomic E-state index is 12.3. The van der Waals surface area contributed by atoms with Gasteiger partial charge >= 0.3 is 5.97 Å². The van der Waals surface area contributed by atoms with Gasteiger partial charge in [-0.3, -0.25) is 14.4 Å². The molecule has 0 bridgehead atoms. The largest absolute Gasteiger partial charge is 0.481 e. The minimum absolute atomic E-state index is 0.0117. The van der Waals surface area contributed by atoms with Crippen molar-refractivity contribution in [1.29, 1.82) is 0 Å². The lowest BCUT2D eigenvalue weighted by Gasteiger charge is -2.29. The van der Waals surface area contributed by atoms with E-state index in [2.05, 4.69) is 10.6 Å². The van der Waals surface area contributed by atoms with Crippen molar-refractivity contribution in [3.8, 4) is 0 Å². The number of carboxylic acids is 1. The first kappa shape index (κ1) is 18.3. The van der Waals surface area contributed by atoms with Crippen molar-refractivity contribution in [3.05, 3.63) is 46.3 Å². The van der Waals surface area contributed by atoms with Crippen LogP contribution < -0.4 is 16.4 Å². The molecule has 1 heterocycles. The summed E-state index contributed by atoms with van der Waals surface area (Å²) in [5, 5.41) is 15.0. The van der Waals surface area contributed by atoms with Gasteiger partial charge in [-0.2, -0.15) is 0 Å². The first-order chi connectivity index (χ1) is 11.4. The number of carboxylic acid groups (broad SMARTS) is 1. The number of rotatable bonds is 6. The molecule has 1 aliphatic heterocycles. The van der Waals surface area contributed by atoms with Crippen molar-refractivity contribution in [3.63, 3.8) is 0 Å². The van der Waals surface area contributed by atoms with Crippen LogP contribution >= 0.6 is 23.4 Å². The van der Waals surface area contributed by atoms with Gasteiger partial charge in [0.2, 0.25) is 5.91 Å². The third-order valence-corrected chi connectivity index (χ3v) is 4.86. The number of carbonyl (C=O) groups is 3. The standard InChI is InChI=1S/C15H16ClN3O4S/c16-9-7-24-15(19-13(9)22)10(6-11(20)21)18-14(23)12(17)8-4-2-1-3-5-8/h1-5,7,10,12,15H,6,17H2,(H,18,23)(H,19,22)(H,20,21). The average molecular weight is 370 g/mol. The summed E-state index contributed by atoms with van der Waals surface area (Å²) in [5.41, 5.74) is 6.51. The number of halogens is 1. The Hall–Kier alpha value is -2.03. The van der Waals surface area contributed by atoms with E-state index in [0.29, 0.717) is 5.56 Å². The summed E-state index contributed by atoms with van der Waals surface area (Å²) in [6.45, 7) is 0. The zero-order valence-electron chi connectivity index (χ0n) is 12.4. The van der Waals surface area contributed by atoms with E-state index in [1.54, 1.807) is 30.3 Å². The van der Waals surface area contributed by atoms with E-state index in [4.69, 9.17) is 22.4 Å². The van der Waals surface area contributed by atoms with Crippen LogP contribution in [-0.4, -0.2) is 34.3 Å². The Bertz CT molecular complexity index is 668. The zero-order chi connectivity index (χ0) is 17.7. The van der Waals surface area contributed by atoms with Crippen LogP contribution in [-0.2, 0) is 14.4 Å². The molecule has 0 aromatic heterocycles. The van der Waals surface area contributed by atoms with Crippen molar-refractivity contribution < 1.29 is 19.5 Å². The highest BCUT2D eigenvalue weighted by Crippen LogP contribution is 2.25. The van der Waals surface area contributed by atoms with E-state index in [1.807, 2.05) is 0 Å². The highest BCUT2D eigenvalue weighted by atomic mass is 35.5. The number of nitrogens with two attached hydrogens (primary N) is 1. The fourth-order valence-electron chi connectivity index (χ4n) is 2.12. The maximum absolute atomic E-state index is 12.3. The van der Waals surface area contributed by atoms with Crippen molar-refractivity contribution in [2.24, 2.45) is 5.73 Å². The van der Waals surface area contributed by atoms with Crippen molar-refractivity contribution in [2.75, 3.05) is 0 Å². The van der Waals surface area contributed by atoms with Gasteiger partial charge in [-0.25, -0.2) is 0 Å². The number of hydrogen-bond donors (Lipinski definition) is 4. The van der Waals surface area contributed by atoms with E-state index in [0.717, 1.165) is 11.8 Å². The molecule has 3 unspecified atom stereocenters. The second-order valence-electron chi connectivity index (χ2n) is 5.10. The minimum atomic E-state index is -1.11. The molecule has 0 fully saturated rings. The maximum Gasteiger partial charge on any atom is 0.305 e. The summed E-state index contributed by atoms with van der Waals surface area (Å²) in [5.74, 6) is -2.15. The third-order valence-electron chi connectivity index (χ3n) is 3.34. The topological polar surface area (TPSA) is 122 Å². The zero-order valence-corrected chi connectivity index (χ0v) is 14.0. The Morgan fingerprint density at radius 3 is 2.62 bits per heavy atom. The number of aliphatic carboxylic acids is 1. The van der Waals surface area contributed by atoms with Gasteiger partial charge in [0.05, 0.1) is 12.5 Å². The molecule has 0 radical (unpaired) electrons. The monoisotopic (exact) mass is 369 g/mol. The molecule has 9 heteroatoms. The van der Waals surface area contributed by atoms with Crippen LogP contribution in [0.4, 0.5) is 0 Å². The lowest BCUT2D eigenvalue weighted by molar-refractivity contribution is -0.138. The number of hydrogen-bond acceptors (Lipinski definition) is 5. The second-order valence-corrected chi connectivity index (χ2v) is 6.52. The number of nitrogens with one attached hydrogen (secondary N) is 2. The Kier molecular flexibility index (Phi) is 6.24. The molecule has 2 amide bonds. The average Bonchev–Trinajstić information content (AvgIpc) is 2.56. The molecule has 1 aliphatic rings. The predicted octanol–water partition coefficient (Wildman–Crippen LogP) is 0.915. The molecule has 5 N–H and O–H groups in total. The van der Waals surface area contributed by atoms with Crippen LogP contribution in [0.1, 0.15) is 18.0 Å². The molecule has 0 aliphatic carbocycles. The van der Waals surface area contributed by atoms with E-state index >= 15 is 0 Å². The van der Waals surface area contributed by atoms with Crippen LogP contribution in [0.15, 0.2) is 40.8 Å². The smallest absolute Gasteiger partial charge is 0.305 e. The van der Waals surface area contributed by atoms with Crippen LogP contribution in [0.25, 0.3) is 0 Å². The van der Waals surface area contributed by atoms with Crippen LogP contribution in [0.5, 0.6) is 0 Å². The first-order valence-corrected chi connectivity index (χ1v) is 8.35. The van der Waals surface area contributed by atoms with Gasteiger partial charge in [-0.05, 0) is 11.0 Å². The normalized spacial score (nSPS) is 19.7. The van der Waals surface area contributed by atoms with Crippen LogP contribution in [0.2, 0.25) is 0 Å². The minimum Gasteiger partial charge on any atom is -0.481 e. The second kappa shape index (κ2) is 8.18. The Balaban J connectivity index is 2.10. The number of carbonyl (C=O) groups excluding carboxylic acids is 2. The van der Waals surface area contributed by atoms with Crippen LogP contribution in [0.3, 0.4) is 0 Å². The van der Waals surface area contributed by atoms with Gasteiger partial charge in [-0.1, -0.05) is 41.9 Å². The first-order valence-electron chi connectivity index (χ1n) is 7.03. The summed E-state index contributed by atoms with van der Waals surface area (Å²) in [6.07, 6.45) is -0.364. The quantitative estimate of drug-likeness (QED) is 0.591. The molecule has 24 heavy (non-hydrogen) atoms. The summed E-state index contributed by atoms with van der Waals surface area (Å²) in [4.78, 5) is 35.0. The molecule has 1 aromatic carbocycles. The number of benzene rings is 1. The SMILES string of the molecule is NC(C(=O)NC(CC(=O)O)C1NC(=O)C(Cl)=CS1)c1ccccc1. The van der Waals surface area contributed by atoms with Gasteiger partial charge in [0.25, 0.3) is 5.91 Å². The molecule has 1 aromatic rings. The third kappa shape index (κ3) is 4.73. The van der Waals surface area contributed by atoms with Gasteiger partial charge in [-0.15, -0.1) is 11.8 Å². The van der Waals surface area contributed by atoms with E-state index < -0.39 is 35.2 Å². The summed E-state index contributed by atoms with van der Waals surface area (Å²) >= 11 is 6.81. The molecule has 0 spiro atoms. The fraction of sp³-hybridized carbons (Fsp3) is 0.267. The van der Waals surface area contributed by atoms with Crippen molar-refractivity contribution >= 4 is 41.1 Å². The Morgan fingerprint density at radius 2 is 2.04 bits per heavy atom. The molecule has 2 rings (SSSR count). The summed E-state index contributed by atoms with van der Waals surface area (Å²) in [7, 11) is 0. The van der Waals surface area contributed by atoms with Gasteiger partial charge in [0.1, 0.15) is 16.4 Å². The molecule has 0 saturated carbocycles. The Labute approximate surface area is 147 Å². The molecule has 0 saturated heterocycles. The fourth-order valence-corrected chi connectivity index (χ4v) is 3.23. The van der Waals surface area contributed by atoms with Crippen molar-refractivity contribution in [1.82, 2.24) is 10.6 Å². The van der Waals surface area contributed by atoms with Gasteiger partial charge in [0, 0.05) is 0 Å². The molecule has 3 atom stereocenters. The van der Waals surface area contributed by atoms with E-state index in [-0.39, 0.29) is 11.5 Å². The molecule has 128 valence electrons. The van der Waals surface area contributed by atoms with Crippen molar-refractivity contribution in [2.45, 2.75) is 23.9 Å².